The van der Waals surface area contributed by atoms with Crippen molar-refractivity contribution < 1.29 is 9.53 Å². The van der Waals surface area contributed by atoms with Crippen molar-refractivity contribution in [3.63, 3.8) is 0 Å². The molecule has 170 valence electrons. The molecule has 1 amide bonds. The van der Waals surface area contributed by atoms with E-state index in [-0.39, 0.29) is 35.0 Å². The third kappa shape index (κ3) is 6.65. The fourth-order valence-electron chi connectivity index (χ4n) is 3.09. The molecule has 0 spiro atoms. The third-order valence-electron chi connectivity index (χ3n) is 4.38. The number of anilines is 2. The third-order valence-corrected chi connectivity index (χ3v) is 5.37. The van der Waals surface area contributed by atoms with E-state index in [2.05, 4.69) is 4.98 Å². The van der Waals surface area contributed by atoms with Gasteiger partial charge in [0.1, 0.15) is 11.6 Å². The zero-order valence-corrected chi connectivity index (χ0v) is 19.6. The van der Waals surface area contributed by atoms with Crippen LogP contribution in [0.15, 0.2) is 38.8 Å². The summed E-state index contributed by atoms with van der Waals surface area (Å²) in [5.41, 5.74) is 5.04. The van der Waals surface area contributed by atoms with Crippen molar-refractivity contribution in [1.29, 1.82) is 0 Å². The first-order chi connectivity index (χ1) is 14.6. The van der Waals surface area contributed by atoms with Crippen molar-refractivity contribution in [2.75, 3.05) is 29.5 Å². The van der Waals surface area contributed by atoms with E-state index in [0.29, 0.717) is 19.7 Å². The van der Waals surface area contributed by atoms with E-state index in [1.54, 1.807) is 0 Å². The van der Waals surface area contributed by atoms with Gasteiger partial charge in [0.15, 0.2) is 5.69 Å². The fraction of sp³-hybridized carbons (Fsp3) is 0.500. The van der Waals surface area contributed by atoms with E-state index in [9.17, 15) is 14.4 Å². The summed E-state index contributed by atoms with van der Waals surface area (Å²) in [6, 6.07) is 7.48. The number of rotatable bonds is 10. The van der Waals surface area contributed by atoms with Crippen LogP contribution >= 0.6 is 11.8 Å². The zero-order chi connectivity index (χ0) is 23.1. The van der Waals surface area contributed by atoms with Crippen molar-refractivity contribution in [3.05, 3.63) is 45.1 Å². The maximum Gasteiger partial charge on any atom is 0.330 e. The summed E-state index contributed by atoms with van der Waals surface area (Å²) in [5.74, 6) is 0.906. The van der Waals surface area contributed by atoms with Gasteiger partial charge in [-0.15, -0.1) is 11.8 Å². The maximum absolute atomic E-state index is 13.1. The molecule has 1 heterocycles. The van der Waals surface area contributed by atoms with Crippen LogP contribution in [-0.2, 0) is 11.3 Å². The van der Waals surface area contributed by atoms with Gasteiger partial charge >= 0.3 is 5.69 Å². The molecule has 2 rings (SSSR count). The van der Waals surface area contributed by atoms with E-state index >= 15 is 0 Å². The van der Waals surface area contributed by atoms with Gasteiger partial charge in [0.25, 0.3) is 5.56 Å². The largest absolute Gasteiger partial charge is 0.494 e. The predicted molar refractivity (Wildman–Crippen MR) is 126 cm³/mol. The van der Waals surface area contributed by atoms with E-state index in [4.69, 9.17) is 10.5 Å². The van der Waals surface area contributed by atoms with Crippen LogP contribution in [0.3, 0.4) is 0 Å². The summed E-state index contributed by atoms with van der Waals surface area (Å²) in [5, 5.41) is 0. The number of aromatic amines is 1. The summed E-state index contributed by atoms with van der Waals surface area (Å²) in [4.78, 5) is 42.6. The molecule has 0 unspecified atom stereocenters. The number of ether oxygens (including phenoxy) is 1. The van der Waals surface area contributed by atoms with Crippen LogP contribution in [0.4, 0.5) is 11.5 Å². The molecular weight excluding hydrogens is 416 g/mol. The van der Waals surface area contributed by atoms with Gasteiger partial charge in [0.2, 0.25) is 5.91 Å². The highest BCUT2D eigenvalue weighted by Crippen LogP contribution is 2.24. The van der Waals surface area contributed by atoms with Crippen LogP contribution in [0.5, 0.6) is 5.75 Å². The maximum atomic E-state index is 13.1. The first kappa shape index (κ1) is 24.6. The second-order valence-corrected chi connectivity index (χ2v) is 9.14. The summed E-state index contributed by atoms with van der Waals surface area (Å²) < 4.78 is 6.76. The van der Waals surface area contributed by atoms with Gasteiger partial charge in [-0.1, -0.05) is 27.7 Å². The van der Waals surface area contributed by atoms with Gasteiger partial charge in [-0.2, -0.15) is 0 Å². The molecule has 1 aromatic heterocycles. The van der Waals surface area contributed by atoms with Crippen molar-refractivity contribution in [2.45, 2.75) is 46.1 Å². The Bertz CT molecular complexity index is 996. The number of carbonyl (C=O) groups is 1. The van der Waals surface area contributed by atoms with Crippen molar-refractivity contribution in [2.24, 2.45) is 11.8 Å². The standard InChI is InChI=1S/C22H32N4O4S/c1-6-30-16-7-9-17(10-8-16)31-13-18(27)25(11-14(2)3)19-20(23)26(12-15(4)5)22(29)24-21(19)28/h7-10,14-15H,6,11-13,23H2,1-5H3,(H,24,28,29). The highest BCUT2D eigenvalue weighted by molar-refractivity contribution is 8.00. The number of benzene rings is 1. The summed E-state index contributed by atoms with van der Waals surface area (Å²) >= 11 is 1.37. The van der Waals surface area contributed by atoms with Gasteiger partial charge < -0.3 is 15.4 Å². The van der Waals surface area contributed by atoms with Gasteiger partial charge in [-0.3, -0.25) is 19.1 Å². The van der Waals surface area contributed by atoms with Crippen LogP contribution in [-0.4, -0.2) is 34.4 Å². The van der Waals surface area contributed by atoms with Crippen LogP contribution in [0, 0.1) is 11.8 Å². The lowest BCUT2D eigenvalue weighted by atomic mass is 10.2. The SMILES string of the molecule is CCOc1ccc(SCC(=O)N(CC(C)C)c2c(N)n(CC(C)C)c(=O)[nH]c2=O)cc1. The quantitative estimate of drug-likeness (QED) is 0.541. The number of nitrogen functional groups attached to an aromatic ring is 1. The number of amides is 1. The van der Waals surface area contributed by atoms with E-state index in [1.165, 1.54) is 21.2 Å². The Kier molecular flexibility index (Phi) is 8.79. The minimum absolute atomic E-state index is 0.0162. The molecular formula is C22H32N4O4S. The van der Waals surface area contributed by atoms with Gasteiger partial charge in [-0.05, 0) is 43.0 Å². The van der Waals surface area contributed by atoms with Crippen LogP contribution < -0.4 is 26.6 Å². The van der Waals surface area contributed by atoms with Crippen molar-refractivity contribution in [3.8, 4) is 5.75 Å². The normalized spacial score (nSPS) is 11.2. The molecule has 31 heavy (non-hydrogen) atoms. The molecule has 0 aliphatic heterocycles. The van der Waals surface area contributed by atoms with Gasteiger partial charge in [0, 0.05) is 18.0 Å². The minimum Gasteiger partial charge on any atom is -0.494 e. The van der Waals surface area contributed by atoms with Gasteiger partial charge in [-0.25, -0.2) is 4.79 Å². The topological polar surface area (TPSA) is 110 Å². The highest BCUT2D eigenvalue weighted by atomic mass is 32.2. The fourth-order valence-corrected chi connectivity index (χ4v) is 3.86. The first-order valence-corrected chi connectivity index (χ1v) is 11.4. The van der Waals surface area contributed by atoms with Crippen LogP contribution in [0.25, 0.3) is 0 Å². The Labute approximate surface area is 186 Å². The number of carbonyl (C=O) groups excluding carboxylic acids is 1. The second kappa shape index (κ2) is 11.1. The summed E-state index contributed by atoms with van der Waals surface area (Å²) in [6.45, 7) is 11.0. The molecule has 8 nitrogen and oxygen atoms in total. The van der Waals surface area contributed by atoms with Crippen molar-refractivity contribution in [1.82, 2.24) is 9.55 Å². The van der Waals surface area contributed by atoms with Crippen molar-refractivity contribution >= 4 is 29.2 Å². The average Bonchev–Trinajstić information content (AvgIpc) is 2.69. The monoisotopic (exact) mass is 448 g/mol. The Morgan fingerprint density at radius 1 is 1.16 bits per heavy atom. The van der Waals surface area contributed by atoms with E-state index in [0.717, 1.165) is 10.6 Å². The summed E-state index contributed by atoms with van der Waals surface area (Å²) in [6.07, 6.45) is 0. The smallest absolute Gasteiger partial charge is 0.330 e. The number of nitrogens with one attached hydrogen (secondary N) is 1. The summed E-state index contributed by atoms with van der Waals surface area (Å²) in [7, 11) is 0. The Morgan fingerprint density at radius 3 is 2.35 bits per heavy atom. The molecule has 2 aromatic rings. The molecule has 0 atom stereocenters. The number of hydrogen-bond acceptors (Lipinski definition) is 6. The molecule has 0 aliphatic rings. The molecule has 0 fully saturated rings. The molecule has 0 saturated carbocycles. The zero-order valence-electron chi connectivity index (χ0n) is 18.8. The predicted octanol–water partition coefficient (Wildman–Crippen LogP) is 2.95. The number of aromatic nitrogens is 2. The van der Waals surface area contributed by atoms with E-state index < -0.39 is 11.2 Å². The molecule has 3 N–H and O–H groups in total. The lowest BCUT2D eigenvalue weighted by Crippen LogP contribution is -2.43. The van der Waals surface area contributed by atoms with Crippen LogP contribution in [0.1, 0.15) is 34.6 Å². The number of nitrogens with two attached hydrogens (primary N) is 1. The Hall–Kier alpha value is -2.68. The number of hydrogen-bond donors (Lipinski definition) is 2. The Morgan fingerprint density at radius 2 is 1.81 bits per heavy atom. The second-order valence-electron chi connectivity index (χ2n) is 8.09. The minimum atomic E-state index is -0.650. The average molecular weight is 449 g/mol. The Balaban J connectivity index is 2.31. The highest BCUT2D eigenvalue weighted by Gasteiger charge is 2.25. The lowest BCUT2D eigenvalue weighted by Gasteiger charge is -2.26. The first-order valence-electron chi connectivity index (χ1n) is 10.4. The van der Waals surface area contributed by atoms with Gasteiger partial charge in [0.05, 0.1) is 12.4 Å². The molecule has 9 heteroatoms. The number of nitrogens with zero attached hydrogens (tertiary/aromatic N) is 2. The molecule has 0 bridgehead atoms. The molecule has 0 aliphatic carbocycles. The number of thioether (sulfide) groups is 1. The molecule has 1 aromatic carbocycles. The lowest BCUT2D eigenvalue weighted by molar-refractivity contribution is -0.116. The van der Waals surface area contributed by atoms with E-state index in [1.807, 2.05) is 58.9 Å². The molecule has 0 radical (unpaired) electrons. The number of H-pyrrole nitrogens is 1. The van der Waals surface area contributed by atoms with Crippen LogP contribution in [0.2, 0.25) is 0 Å². The molecule has 0 saturated heterocycles.